The number of hydrogen-bond acceptors (Lipinski definition) is 4. The van der Waals surface area contributed by atoms with Gasteiger partial charge in [-0.05, 0) is 13.8 Å². The number of hydrogen-bond donors (Lipinski definition) is 0. The number of esters is 2. The topological polar surface area (TPSA) is 52.6 Å². The third-order valence-electron chi connectivity index (χ3n) is 5.63. The van der Waals surface area contributed by atoms with Crippen molar-refractivity contribution in [3.63, 3.8) is 0 Å². The summed E-state index contributed by atoms with van der Waals surface area (Å²) >= 11 is 0. The van der Waals surface area contributed by atoms with Crippen molar-refractivity contribution >= 4 is 11.9 Å². The molecule has 3 aliphatic rings. The average Bonchev–Trinajstić information content (AvgIpc) is 2.55. The third kappa shape index (κ3) is 8.01. The average molecular weight is 375 g/mol. The van der Waals surface area contributed by atoms with Crippen molar-refractivity contribution in [3.8, 4) is 0 Å². The molecule has 3 rings (SSSR count). The van der Waals surface area contributed by atoms with Crippen LogP contribution in [0.1, 0.15) is 20.3 Å². The number of fused-ring (bicyclic) bond motifs is 3. The van der Waals surface area contributed by atoms with Crippen molar-refractivity contribution in [2.24, 2.45) is 0 Å². The van der Waals surface area contributed by atoms with Gasteiger partial charge in [0.25, 0.3) is 0 Å². The van der Waals surface area contributed by atoms with Gasteiger partial charge in [-0.25, -0.2) is 0 Å². The zero-order chi connectivity index (χ0) is 19.8. The van der Waals surface area contributed by atoms with Crippen LogP contribution in [-0.4, -0.2) is 119 Å². The maximum atomic E-state index is 11.1. The first kappa shape index (κ1) is 22.9. The zero-order valence-electron chi connectivity index (χ0n) is 17.8. The summed E-state index contributed by atoms with van der Waals surface area (Å²) in [6.07, 6.45) is -0.301. The van der Waals surface area contributed by atoms with Crippen LogP contribution in [0, 0.1) is 0 Å². The maximum absolute atomic E-state index is 11.1. The molecular formula is C19H40N3O4+3. The summed E-state index contributed by atoms with van der Waals surface area (Å²) in [5.74, 6) is -1.06. The molecule has 2 bridgehead atoms. The summed E-state index contributed by atoms with van der Waals surface area (Å²) in [5, 5.41) is 0. The molecule has 0 atom stereocenters. The maximum Gasteiger partial charge on any atom is 0.317 e. The molecule has 0 aromatic rings. The van der Waals surface area contributed by atoms with Gasteiger partial charge in [0.15, 0.2) is 0 Å². The van der Waals surface area contributed by atoms with Gasteiger partial charge in [0.1, 0.15) is 58.8 Å². The number of carbonyl (C=O) groups excluding carboxylic acids is 2. The van der Waals surface area contributed by atoms with Crippen LogP contribution in [-0.2, 0) is 19.1 Å². The molecule has 0 saturated carbocycles. The highest BCUT2D eigenvalue weighted by molar-refractivity contribution is 5.91. The summed E-state index contributed by atoms with van der Waals surface area (Å²) in [4.78, 5) is 22.0. The zero-order valence-corrected chi connectivity index (χ0v) is 17.8. The van der Waals surface area contributed by atoms with Crippen LogP contribution in [0.2, 0.25) is 0 Å². The third-order valence-corrected chi connectivity index (χ3v) is 5.63. The fourth-order valence-corrected chi connectivity index (χ4v) is 3.32. The number of carbonyl (C=O) groups is 2. The van der Waals surface area contributed by atoms with Gasteiger partial charge in [-0.3, -0.25) is 9.59 Å². The van der Waals surface area contributed by atoms with E-state index < -0.39 is 11.9 Å². The van der Waals surface area contributed by atoms with Crippen molar-refractivity contribution in [1.82, 2.24) is 0 Å². The predicted octanol–water partition coefficient (Wildman–Crippen LogP) is 0.486. The summed E-state index contributed by atoms with van der Waals surface area (Å²) in [6.45, 7) is 15.3. The van der Waals surface area contributed by atoms with E-state index in [-0.39, 0.29) is 13.0 Å². The molecule has 0 unspecified atom stereocenters. The van der Waals surface area contributed by atoms with E-state index in [2.05, 4.69) is 18.7 Å². The van der Waals surface area contributed by atoms with Crippen LogP contribution in [0.4, 0.5) is 0 Å². The van der Waals surface area contributed by atoms with E-state index in [0.717, 1.165) is 0 Å². The molecule has 3 aliphatic heterocycles. The fourth-order valence-electron chi connectivity index (χ4n) is 3.32. The normalized spacial score (nSPS) is 27.3. The Balaban J connectivity index is 0.000000269. The number of nitrogens with zero attached hydrogens (tertiary/aromatic N) is 3. The number of rotatable bonds is 7. The Morgan fingerprint density at radius 1 is 0.885 bits per heavy atom. The Hall–Kier alpha value is -1.18. The van der Waals surface area contributed by atoms with E-state index in [0.29, 0.717) is 17.6 Å². The van der Waals surface area contributed by atoms with Gasteiger partial charge in [0, 0.05) is 0 Å². The molecule has 152 valence electrons. The highest BCUT2D eigenvalue weighted by atomic mass is 16.6. The van der Waals surface area contributed by atoms with Crippen LogP contribution >= 0.6 is 0 Å². The molecule has 7 nitrogen and oxygen atoms in total. The Bertz CT molecular complexity index is 449. The van der Waals surface area contributed by atoms with Gasteiger partial charge in [0.05, 0.1) is 41.3 Å². The van der Waals surface area contributed by atoms with Gasteiger partial charge >= 0.3 is 11.9 Å². The molecule has 0 radical (unpaired) electrons. The second-order valence-electron chi connectivity index (χ2n) is 8.84. The van der Waals surface area contributed by atoms with Crippen molar-refractivity contribution in [1.29, 1.82) is 0 Å². The first-order chi connectivity index (χ1) is 12.0. The summed E-state index contributed by atoms with van der Waals surface area (Å²) in [5.41, 5.74) is 0. The smallest absolute Gasteiger partial charge is 0.317 e. The lowest BCUT2D eigenvalue weighted by molar-refractivity contribution is -1.07. The van der Waals surface area contributed by atoms with Gasteiger partial charge in [-0.15, -0.1) is 0 Å². The second-order valence-corrected chi connectivity index (χ2v) is 8.84. The fraction of sp³-hybridized carbons (Fsp3) is 0.895. The van der Waals surface area contributed by atoms with E-state index in [9.17, 15) is 9.59 Å². The lowest BCUT2D eigenvalue weighted by Crippen LogP contribution is -2.73. The van der Waals surface area contributed by atoms with Crippen molar-refractivity contribution < 1.29 is 32.5 Å². The van der Waals surface area contributed by atoms with Gasteiger partial charge < -0.3 is 22.9 Å². The predicted molar refractivity (Wildman–Crippen MR) is 101 cm³/mol. The number of quaternary nitrogens is 3. The van der Waals surface area contributed by atoms with Gasteiger partial charge in [0.2, 0.25) is 0 Å². The Labute approximate surface area is 159 Å². The molecular weight excluding hydrogens is 334 g/mol. The van der Waals surface area contributed by atoms with E-state index in [1.165, 1.54) is 54.8 Å². The highest BCUT2D eigenvalue weighted by Crippen LogP contribution is 2.23. The molecule has 3 heterocycles. The molecule has 26 heavy (non-hydrogen) atoms. The standard InChI is InChI=1S/C10H20NO4.C9H20N2/c1-5-14-9(12)8-10(13)15-7-6-11(2,3)4;1-3-11-7-4-10(2,5-8-11)6-9-11/h5-8H2,1-4H3;3-9H2,1-2H3/q+1;+2. The minimum absolute atomic E-state index is 0.283. The number of likely N-dealkylation sites (N-methyl/N-ethyl adjacent to an activating group) is 3. The lowest BCUT2D eigenvalue weighted by Gasteiger charge is -2.53. The van der Waals surface area contributed by atoms with E-state index in [1.807, 2.05) is 21.1 Å². The summed E-state index contributed by atoms with van der Waals surface area (Å²) in [7, 11) is 8.42. The summed E-state index contributed by atoms with van der Waals surface area (Å²) in [6, 6.07) is 0. The molecule has 3 saturated heterocycles. The molecule has 0 aliphatic carbocycles. The Kier molecular flexibility index (Phi) is 8.50. The minimum Gasteiger partial charge on any atom is -0.466 e. The molecule has 0 N–H and O–H groups in total. The van der Waals surface area contributed by atoms with Crippen LogP contribution < -0.4 is 0 Å². The van der Waals surface area contributed by atoms with E-state index in [4.69, 9.17) is 4.74 Å². The molecule has 7 heteroatoms. The lowest BCUT2D eigenvalue weighted by atomic mass is 10.1. The SMILES string of the molecule is CCOC(=O)CC(=O)OCC[N+](C)(C)C.CC[N+]12CC[N+](C)(CC1)CC2. The quantitative estimate of drug-likeness (QED) is 0.370. The molecule has 0 aromatic heterocycles. The highest BCUT2D eigenvalue weighted by Gasteiger charge is 2.45. The van der Waals surface area contributed by atoms with Gasteiger partial charge in [-0.1, -0.05) is 0 Å². The van der Waals surface area contributed by atoms with Crippen LogP contribution in [0.3, 0.4) is 0 Å². The minimum atomic E-state index is -0.534. The van der Waals surface area contributed by atoms with Crippen LogP contribution in [0.15, 0.2) is 0 Å². The Morgan fingerprint density at radius 3 is 1.81 bits per heavy atom. The van der Waals surface area contributed by atoms with Crippen molar-refractivity contribution in [2.75, 3.05) is 93.8 Å². The second kappa shape index (κ2) is 9.67. The molecule has 0 spiro atoms. The van der Waals surface area contributed by atoms with E-state index in [1.54, 1.807) is 6.92 Å². The first-order valence-electron chi connectivity index (χ1n) is 9.83. The van der Waals surface area contributed by atoms with Crippen molar-refractivity contribution in [3.05, 3.63) is 0 Å². The Morgan fingerprint density at radius 2 is 1.38 bits per heavy atom. The molecule has 0 amide bonds. The number of ether oxygens (including phenoxy) is 2. The monoisotopic (exact) mass is 374 g/mol. The molecule has 3 fully saturated rings. The number of piperazine rings is 3. The van der Waals surface area contributed by atoms with Crippen LogP contribution in [0.5, 0.6) is 0 Å². The largest absolute Gasteiger partial charge is 0.466 e. The first-order valence-corrected chi connectivity index (χ1v) is 9.83. The van der Waals surface area contributed by atoms with E-state index >= 15 is 0 Å². The summed E-state index contributed by atoms with van der Waals surface area (Å²) < 4.78 is 13.0. The van der Waals surface area contributed by atoms with Crippen LogP contribution in [0.25, 0.3) is 0 Å². The van der Waals surface area contributed by atoms with Gasteiger partial charge in [-0.2, -0.15) is 0 Å². The molecule has 0 aromatic carbocycles. The van der Waals surface area contributed by atoms with Crippen molar-refractivity contribution in [2.45, 2.75) is 20.3 Å².